The number of carbonyl (C=O) groups is 2. The molecule has 2 N–H and O–H groups in total. The second-order valence-electron chi connectivity index (χ2n) is 2.37. The van der Waals surface area contributed by atoms with Crippen LogP contribution in [0.3, 0.4) is 0 Å². The van der Waals surface area contributed by atoms with Gasteiger partial charge in [-0.05, 0) is 12.6 Å². The monoisotopic (exact) mass is 170 g/mol. The van der Waals surface area contributed by atoms with Gasteiger partial charge < -0.3 is 10.6 Å². The molecule has 12 heavy (non-hydrogen) atoms. The zero-order chi connectivity index (χ0) is 9.40. The van der Waals surface area contributed by atoms with Crippen LogP contribution < -0.4 is 10.6 Å². The molecule has 0 radical (unpaired) electrons. The van der Waals surface area contributed by atoms with Gasteiger partial charge in [-0.2, -0.15) is 0 Å². The Morgan fingerprint density at radius 1 is 1.25 bits per heavy atom. The Bertz CT molecular complexity index is 187. The van der Waals surface area contributed by atoms with Crippen molar-refractivity contribution in [3.05, 3.63) is 12.3 Å². The van der Waals surface area contributed by atoms with Crippen molar-refractivity contribution in [3.63, 3.8) is 0 Å². The van der Waals surface area contributed by atoms with Crippen LogP contribution >= 0.6 is 0 Å². The molecule has 68 valence electrons. The van der Waals surface area contributed by atoms with E-state index in [1.165, 1.54) is 13.8 Å². The number of rotatable bonds is 4. The molecule has 0 heterocycles. The van der Waals surface area contributed by atoms with E-state index in [-0.39, 0.29) is 11.8 Å². The van der Waals surface area contributed by atoms with Crippen LogP contribution in [0, 0.1) is 0 Å². The van der Waals surface area contributed by atoms with Gasteiger partial charge in [0.2, 0.25) is 11.8 Å². The molecule has 0 aliphatic heterocycles. The Hall–Kier alpha value is -1.32. The van der Waals surface area contributed by atoms with Crippen LogP contribution in [-0.4, -0.2) is 18.4 Å². The highest BCUT2D eigenvalue weighted by Gasteiger charge is 1.86. The molecule has 4 heteroatoms. The Labute approximate surface area is 72.0 Å². The summed E-state index contributed by atoms with van der Waals surface area (Å²) in [6.45, 7) is 3.51. The molecule has 0 unspecified atom stereocenters. The van der Waals surface area contributed by atoms with E-state index in [0.717, 1.165) is 6.42 Å². The molecule has 0 spiro atoms. The van der Waals surface area contributed by atoms with Crippen LogP contribution in [0.4, 0.5) is 0 Å². The Balaban J connectivity index is 3.25. The lowest BCUT2D eigenvalue weighted by atomic mass is 10.4. The minimum atomic E-state index is -0.0919. The third-order valence-corrected chi connectivity index (χ3v) is 1.09. The van der Waals surface area contributed by atoms with Gasteiger partial charge in [0.25, 0.3) is 0 Å². The third-order valence-electron chi connectivity index (χ3n) is 1.09. The van der Waals surface area contributed by atoms with Crippen molar-refractivity contribution in [1.82, 2.24) is 10.6 Å². The van der Waals surface area contributed by atoms with Crippen molar-refractivity contribution >= 4 is 11.8 Å². The first kappa shape index (κ1) is 10.7. The molecule has 0 aliphatic rings. The Morgan fingerprint density at radius 3 is 2.42 bits per heavy atom. The molecule has 0 fully saturated rings. The highest BCUT2D eigenvalue weighted by atomic mass is 16.1. The molecule has 0 aromatic carbocycles. The van der Waals surface area contributed by atoms with E-state index < -0.39 is 0 Å². The van der Waals surface area contributed by atoms with Crippen molar-refractivity contribution < 1.29 is 9.59 Å². The van der Waals surface area contributed by atoms with Gasteiger partial charge in [0.1, 0.15) is 0 Å². The van der Waals surface area contributed by atoms with Crippen molar-refractivity contribution in [2.24, 2.45) is 0 Å². The summed E-state index contributed by atoms with van der Waals surface area (Å²) in [5.74, 6) is -0.131. The van der Waals surface area contributed by atoms with Gasteiger partial charge in [-0.25, -0.2) is 0 Å². The molecule has 0 aromatic heterocycles. The maximum atomic E-state index is 10.4. The summed E-state index contributed by atoms with van der Waals surface area (Å²) in [6, 6.07) is 0. The molecule has 2 amide bonds. The summed E-state index contributed by atoms with van der Waals surface area (Å²) in [7, 11) is 0. The third kappa shape index (κ3) is 8.68. The highest BCUT2D eigenvalue weighted by Crippen LogP contribution is 1.78. The number of amides is 2. The van der Waals surface area contributed by atoms with E-state index in [0.29, 0.717) is 6.54 Å². The Kier molecular flexibility index (Phi) is 5.69. The van der Waals surface area contributed by atoms with E-state index >= 15 is 0 Å². The molecule has 4 nitrogen and oxygen atoms in total. The molecule has 0 atom stereocenters. The average Bonchev–Trinajstić information content (AvgIpc) is 1.95. The number of hydrogen-bond donors (Lipinski definition) is 2. The smallest absolute Gasteiger partial charge is 0.220 e. The van der Waals surface area contributed by atoms with Crippen LogP contribution in [0.1, 0.15) is 20.3 Å². The summed E-state index contributed by atoms with van der Waals surface area (Å²) in [4.78, 5) is 20.7. The van der Waals surface area contributed by atoms with Crippen molar-refractivity contribution in [2.75, 3.05) is 6.54 Å². The predicted octanol–water partition coefficient (Wildman–Crippen LogP) is 0.162. The summed E-state index contributed by atoms with van der Waals surface area (Å²) < 4.78 is 0. The maximum absolute atomic E-state index is 10.4. The molecule has 0 aromatic rings. The van der Waals surface area contributed by atoms with Gasteiger partial charge >= 0.3 is 0 Å². The first-order chi connectivity index (χ1) is 5.63. The predicted molar refractivity (Wildman–Crippen MR) is 46.3 cm³/mol. The topological polar surface area (TPSA) is 58.2 Å². The molecule has 0 aliphatic carbocycles. The number of hydrogen-bond acceptors (Lipinski definition) is 2. The van der Waals surface area contributed by atoms with Crippen molar-refractivity contribution in [3.8, 4) is 0 Å². The quantitative estimate of drug-likeness (QED) is 0.590. The summed E-state index contributed by atoms with van der Waals surface area (Å²) in [5, 5.41) is 5.13. The average molecular weight is 170 g/mol. The fourth-order valence-corrected chi connectivity index (χ4v) is 0.591. The summed E-state index contributed by atoms with van der Waals surface area (Å²) in [5.41, 5.74) is 0. The largest absolute Gasteiger partial charge is 0.356 e. The van der Waals surface area contributed by atoms with Gasteiger partial charge in [0, 0.05) is 20.4 Å². The molecule has 0 rings (SSSR count). The second kappa shape index (κ2) is 6.39. The highest BCUT2D eigenvalue weighted by molar-refractivity contribution is 5.74. The van der Waals surface area contributed by atoms with Gasteiger partial charge in [-0.1, -0.05) is 6.08 Å². The van der Waals surface area contributed by atoms with Crippen molar-refractivity contribution in [2.45, 2.75) is 20.3 Å². The molecule has 0 saturated carbocycles. The lowest BCUT2D eigenvalue weighted by Crippen LogP contribution is -2.20. The van der Waals surface area contributed by atoms with E-state index in [1.807, 2.05) is 0 Å². The first-order valence-electron chi connectivity index (χ1n) is 3.79. The van der Waals surface area contributed by atoms with Crippen LogP contribution in [0.2, 0.25) is 0 Å². The van der Waals surface area contributed by atoms with Gasteiger partial charge in [-0.15, -0.1) is 0 Å². The van der Waals surface area contributed by atoms with E-state index in [4.69, 9.17) is 0 Å². The lowest BCUT2D eigenvalue weighted by Gasteiger charge is -1.96. The van der Waals surface area contributed by atoms with Crippen LogP contribution in [-0.2, 0) is 9.59 Å². The fourth-order valence-electron chi connectivity index (χ4n) is 0.591. The number of nitrogens with one attached hydrogen (secondary N) is 2. The van der Waals surface area contributed by atoms with Gasteiger partial charge in [0.05, 0.1) is 0 Å². The molecule has 0 bridgehead atoms. The minimum Gasteiger partial charge on any atom is -0.356 e. The standard InChI is InChI=1S/C8H14N2O2/c1-7(11)9-5-3-4-6-10-8(2)12/h3,5H,4,6H2,1-2H3,(H,9,11)(H,10,12)/b5-3+. The normalized spacial score (nSPS) is 9.83. The molecule has 0 saturated heterocycles. The van der Waals surface area contributed by atoms with E-state index in [1.54, 1.807) is 12.3 Å². The fraction of sp³-hybridized carbons (Fsp3) is 0.500. The zero-order valence-corrected chi connectivity index (χ0v) is 7.39. The van der Waals surface area contributed by atoms with E-state index in [2.05, 4.69) is 10.6 Å². The van der Waals surface area contributed by atoms with Gasteiger partial charge in [-0.3, -0.25) is 9.59 Å². The molecular weight excluding hydrogens is 156 g/mol. The van der Waals surface area contributed by atoms with Crippen LogP contribution in [0.15, 0.2) is 12.3 Å². The first-order valence-corrected chi connectivity index (χ1v) is 3.79. The summed E-state index contributed by atoms with van der Waals surface area (Å²) in [6.07, 6.45) is 4.08. The van der Waals surface area contributed by atoms with Crippen molar-refractivity contribution in [1.29, 1.82) is 0 Å². The summed E-state index contributed by atoms with van der Waals surface area (Å²) >= 11 is 0. The van der Waals surface area contributed by atoms with Crippen LogP contribution in [0.5, 0.6) is 0 Å². The zero-order valence-electron chi connectivity index (χ0n) is 7.39. The minimum absolute atomic E-state index is 0.0390. The van der Waals surface area contributed by atoms with Gasteiger partial charge in [0.15, 0.2) is 0 Å². The second-order valence-corrected chi connectivity index (χ2v) is 2.37. The SMILES string of the molecule is CC(=O)N/C=C/CCNC(C)=O. The lowest BCUT2D eigenvalue weighted by molar-refractivity contribution is -0.119. The van der Waals surface area contributed by atoms with Crippen LogP contribution in [0.25, 0.3) is 0 Å². The van der Waals surface area contributed by atoms with E-state index in [9.17, 15) is 9.59 Å². The number of carbonyl (C=O) groups excluding carboxylic acids is 2. The Morgan fingerprint density at radius 2 is 1.92 bits per heavy atom. The molecular formula is C8H14N2O2. The maximum Gasteiger partial charge on any atom is 0.220 e.